The fraction of sp³-hybridized carbons (Fsp3) is 0.714. The third-order valence-corrected chi connectivity index (χ3v) is 5.24. The molecule has 4 rings (SSSR count). The van der Waals surface area contributed by atoms with Crippen molar-refractivity contribution in [2.24, 2.45) is 5.92 Å². The first kappa shape index (κ1) is 10.6. The minimum atomic E-state index is -0.281. The van der Waals surface area contributed by atoms with Gasteiger partial charge in [0, 0.05) is 13.0 Å². The van der Waals surface area contributed by atoms with Crippen LogP contribution in [0.5, 0.6) is 0 Å². The number of esters is 1. The number of carbonyl (C=O) groups excluding carboxylic acids is 2. The molecule has 2 fully saturated rings. The van der Waals surface area contributed by atoms with Crippen LogP contribution >= 0.6 is 0 Å². The predicted molar refractivity (Wildman–Crippen MR) is 63.6 cm³/mol. The molecule has 0 aromatic rings. The minimum absolute atomic E-state index is 0.156. The number of ether oxygens (including phenoxy) is 1. The lowest BCUT2D eigenvalue weighted by Gasteiger charge is -2.47. The van der Waals surface area contributed by atoms with E-state index in [0.29, 0.717) is 18.9 Å². The Balaban J connectivity index is 1.90. The molecule has 0 N–H and O–H groups in total. The smallest absolute Gasteiger partial charge is 0.336 e. The third-order valence-electron chi connectivity index (χ3n) is 5.24. The maximum atomic E-state index is 12.2. The number of amides is 1. The van der Waals surface area contributed by atoms with Crippen LogP contribution in [0.15, 0.2) is 11.1 Å². The Morgan fingerprint density at radius 2 is 2.17 bits per heavy atom. The van der Waals surface area contributed by atoms with E-state index in [1.165, 1.54) is 6.42 Å². The molecule has 0 bridgehead atoms. The molecule has 0 unspecified atom stereocenters. The first-order valence-electron chi connectivity index (χ1n) is 6.93. The summed E-state index contributed by atoms with van der Waals surface area (Å²) >= 11 is 0. The molecule has 0 aromatic heterocycles. The Bertz CT molecular complexity index is 481. The molecule has 1 aliphatic carbocycles. The zero-order valence-corrected chi connectivity index (χ0v) is 10.4. The van der Waals surface area contributed by atoms with Gasteiger partial charge in [-0.05, 0) is 30.8 Å². The second-order valence-corrected chi connectivity index (χ2v) is 5.92. The van der Waals surface area contributed by atoms with E-state index < -0.39 is 0 Å². The molecule has 0 aromatic carbocycles. The van der Waals surface area contributed by atoms with Crippen LogP contribution in [0.1, 0.15) is 38.5 Å². The predicted octanol–water partition coefficient (Wildman–Crippen LogP) is 1.40. The Hall–Kier alpha value is -1.32. The number of nitrogens with zero attached hydrogens (tertiary/aromatic N) is 1. The van der Waals surface area contributed by atoms with Crippen LogP contribution in [0.2, 0.25) is 0 Å². The van der Waals surface area contributed by atoms with Gasteiger partial charge in [0.2, 0.25) is 5.91 Å². The van der Waals surface area contributed by atoms with Crippen LogP contribution in [0.4, 0.5) is 0 Å². The van der Waals surface area contributed by atoms with E-state index in [-0.39, 0.29) is 17.4 Å². The number of rotatable bonds is 0. The highest BCUT2D eigenvalue weighted by Crippen LogP contribution is 2.54. The molecule has 96 valence electrons. The van der Waals surface area contributed by atoms with E-state index >= 15 is 0 Å². The molecule has 4 nitrogen and oxygen atoms in total. The van der Waals surface area contributed by atoms with Gasteiger partial charge in [-0.1, -0.05) is 12.8 Å². The van der Waals surface area contributed by atoms with Crippen LogP contribution in [-0.4, -0.2) is 35.5 Å². The Morgan fingerprint density at radius 3 is 3.06 bits per heavy atom. The van der Waals surface area contributed by atoms with Crippen LogP contribution in [0.3, 0.4) is 0 Å². The van der Waals surface area contributed by atoms with Gasteiger partial charge in [0.05, 0.1) is 11.1 Å². The van der Waals surface area contributed by atoms with E-state index in [2.05, 4.69) is 0 Å². The fourth-order valence-corrected chi connectivity index (χ4v) is 4.55. The molecule has 2 atom stereocenters. The molecule has 1 spiro atoms. The summed E-state index contributed by atoms with van der Waals surface area (Å²) < 4.78 is 5.24. The number of cyclic esters (lactones) is 1. The van der Waals surface area contributed by atoms with Crippen molar-refractivity contribution in [3.8, 4) is 0 Å². The largest absolute Gasteiger partial charge is 0.458 e. The third kappa shape index (κ3) is 1.07. The van der Waals surface area contributed by atoms with Gasteiger partial charge in [-0.15, -0.1) is 0 Å². The Kier molecular flexibility index (Phi) is 1.98. The molecule has 3 heterocycles. The quantitative estimate of drug-likeness (QED) is 0.608. The van der Waals surface area contributed by atoms with Crippen molar-refractivity contribution in [1.29, 1.82) is 0 Å². The highest BCUT2D eigenvalue weighted by molar-refractivity contribution is 5.97. The molecule has 4 aliphatic rings. The van der Waals surface area contributed by atoms with Crippen molar-refractivity contribution in [1.82, 2.24) is 4.90 Å². The van der Waals surface area contributed by atoms with Crippen molar-refractivity contribution in [2.75, 3.05) is 13.2 Å². The fourth-order valence-electron chi connectivity index (χ4n) is 4.55. The molecule has 3 aliphatic heterocycles. The summed E-state index contributed by atoms with van der Waals surface area (Å²) in [7, 11) is 0. The van der Waals surface area contributed by atoms with E-state index in [1.807, 2.05) is 4.90 Å². The lowest BCUT2D eigenvalue weighted by atomic mass is 9.67. The summed E-state index contributed by atoms with van der Waals surface area (Å²) in [5.41, 5.74) is 1.75. The Labute approximate surface area is 106 Å². The average Bonchev–Trinajstić information content (AvgIpc) is 2.88. The van der Waals surface area contributed by atoms with E-state index in [9.17, 15) is 9.59 Å². The highest BCUT2D eigenvalue weighted by atomic mass is 16.5. The van der Waals surface area contributed by atoms with Crippen molar-refractivity contribution in [3.63, 3.8) is 0 Å². The van der Waals surface area contributed by atoms with Gasteiger partial charge in [0.25, 0.3) is 0 Å². The van der Waals surface area contributed by atoms with Crippen molar-refractivity contribution in [2.45, 2.75) is 44.1 Å². The lowest BCUT2D eigenvalue weighted by Crippen LogP contribution is -2.55. The van der Waals surface area contributed by atoms with Gasteiger partial charge < -0.3 is 9.64 Å². The minimum Gasteiger partial charge on any atom is -0.458 e. The molecule has 0 radical (unpaired) electrons. The summed E-state index contributed by atoms with van der Waals surface area (Å²) in [4.78, 5) is 26.3. The maximum Gasteiger partial charge on any atom is 0.336 e. The summed E-state index contributed by atoms with van der Waals surface area (Å²) in [6, 6.07) is 0. The van der Waals surface area contributed by atoms with Crippen molar-refractivity contribution >= 4 is 11.9 Å². The number of carbonyl (C=O) groups is 2. The number of hydrogen-bond donors (Lipinski definition) is 0. The highest BCUT2D eigenvalue weighted by Gasteiger charge is 2.60. The first-order chi connectivity index (χ1) is 8.73. The maximum absolute atomic E-state index is 12.2. The topological polar surface area (TPSA) is 46.6 Å². The van der Waals surface area contributed by atoms with Gasteiger partial charge in [0.1, 0.15) is 6.61 Å². The molecular formula is C14H17NO3. The van der Waals surface area contributed by atoms with Crippen LogP contribution in [0, 0.1) is 5.92 Å². The summed E-state index contributed by atoms with van der Waals surface area (Å²) in [5, 5.41) is 0. The molecule has 4 heteroatoms. The van der Waals surface area contributed by atoms with E-state index in [0.717, 1.165) is 43.4 Å². The second kappa shape index (κ2) is 3.37. The summed E-state index contributed by atoms with van der Waals surface area (Å²) in [6.07, 6.45) is 5.78. The van der Waals surface area contributed by atoms with Crippen molar-refractivity contribution in [3.05, 3.63) is 11.1 Å². The monoisotopic (exact) mass is 247 g/mol. The van der Waals surface area contributed by atoms with Gasteiger partial charge in [-0.2, -0.15) is 0 Å². The van der Waals surface area contributed by atoms with Crippen molar-refractivity contribution < 1.29 is 14.3 Å². The summed E-state index contributed by atoms with van der Waals surface area (Å²) in [5.74, 6) is 0.430. The van der Waals surface area contributed by atoms with Gasteiger partial charge in [0.15, 0.2) is 0 Å². The molecule has 1 amide bonds. The standard InChI is InChI=1S/C14H17NO3/c16-11-7-10-3-1-2-5-14(10)12-9(4-6-15(11)14)8-18-13(12)17/h10H,1-8H2/t10-,14-/m0/s1. The number of hydrogen-bond acceptors (Lipinski definition) is 3. The lowest BCUT2D eigenvalue weighted by molar-refractivity contribution is -0.138. The summed E-state index contributed by atoms with van der Waals surface area (Å²) in [6.45, 7) is 1.25. The molecule has 1 saturated heterocycles. The second-order valence-electron chi connectivity index (χ2n) is 5.92. The average molecular weight is 247 g/mol. The van der Waals surface area contributed by atoms with Gasteiger partial charge in [-0.25, -0.2) is 4.79 Å². The van der Waals surface area contributed by atoms with Gasteiger partial charge >= 0.3 is 5.97 Å². The van der Waals surface area contributed by atoms with Crippen LogP contribution < -0.4 is 0 Å². The van der Waals surface area contributed by atoms with Gasteiger partial charge in [-0.3, -0.25) is 4.79 Å². The zero-order chi connectivity index (χ0) is 12.3. The van der Waals surface area contributed by atoms with Crippen LogP contribution in [0.25, 0.3) is 0 Å². The van der Waals surface area contributed by atoms with E-state index in [4.69, 9.17) is 4.74 Å². The van der Waals surface area contributed by atoms with Crippen LogP contribution in [-0.2, 0) is 14.3 Å². The Morgan fingerprint density at radius 1 is 1.28 bits per heavy atom. The van der Waals surface area contributed by atoms with E-state index in [1.54, 1.807) is 0 Å². The SMILES string of the molecule is O=C1OCC2=C1[C@]13CCCC[C@H]1CC(=O)N3CC2. The zero-order valence-electron chi connectivity index (χ0n) is 10.4. The molecule has 1 saturated carbocycles. The molecule has 18 heavy (non-hydrogen) atoms. The first-order valence-corrected chi connectivity index (χ1v) is 6.93. The molecular weight excluding hydrogens is 230 g/mol. The normalized spacial score (nSPS) is 38.4.